The van der Waals surface area contributed by atoms with Crippen LogP contribution in [0.1, 0.15) is 24.1 Å². The molecule has 0 spiro atoms. The zero-order chi connectivity index (χ0) is 23.5. The van der Waals surface area contributed by atoms with Gasteiger partial charge in [-0.05, 0) is 55.7 Å². The molecule has 0 radical (unpaired) electrons. The topological polar surface area (TPSA) is 113 Å². The van der Waals surface area contributed by atoms with Gasteiger partial charge in [0.15, 0.2) is 5.96 Å². The number of aromatic nitrogens is 2. The molecule has 0 unspecified atom stereocenters. The number of guanidine groups is 1. The van der Waals surface area contributed by atoms with Crippen LogP contribution in [0, 0.1) is 17.1 Å². The van der Waals surface area contributed by atoms with Gasteiger partial charge in [-0.15, -0.1) is 0 Å². The minimum atomic E-state index is -0.345. The molecule has 3 aromatic rings. The van der Waals surface area contributed by atoms with E-state index >= 15 is 0 Å². The molecule has 0 aliphatic heterocycles. The number of aryl methyl sites for hydroxylation is 1. The number of halogens is 1. The lowest BCUT2D eigenvalue weighted by Crippen LogP contribution is -2.38. The molecule has 1 heterocycles. The highest BCUT2D eigenvalue weighted by molar-refractivity contribution is 5.79. The summed E-state index contributed by atoms with van der Waals surface area (Å²) in [5.74, 6) is 1.47. The molecule has 0 bridgehead atoms. The highest BCUT2D eigenvalue weighted by Gasteiger charge is 2.16. The predicted octanol–water partition coefficient (Wildman–Crippen LogP) is 3.03. The summed E-state index contributed by atoms with van der Waals surface area (Å²) in [5, 5.41) is 20.5. The third-order valence-corrected chi connectivity index (χ3v) is 4.91. The number of anilines is 1. The second-order valence-electron chi connectivity index (χ2n) is 7.25. The van der Waals surface area contributed by atoms with Gasteiger partial charge in [0.05, 0.1) is 18.0 Å². The maximum absolute atomic E-state index is 13.2. The maximum atomic E-state index is 13.2. The van der Waals surface area contributed by atoms with Crippen molar-refractivity contribution in [2.24, 2.45) is 4.99 Å². The number of hydrogen-bond acceptors (Lipinski definition) is 5. The first-order valence-corrected chi connectivity index (χ1v) is 10.8. The van der Waals surface area contributed by atoms with Crippen LogP contribution in [-0.2, 0) is 6.42 Å². The molecule has 172 valence electrons. The van der Waals surface area contributed by atoms with Crippen LogP contribution in [0.4, 0.5) is 10.2 Å². The summed E-state index contributed by atoms with van der Waals surface area (Å²) >= 11 is 0. The van der Waals surface area contributed by atoms with Gasteiger partial charge in [-0.3, -0.25) is 4.99 Å². The van der Waals surface area contributed by atoms with E-state index in [0.29, 0.717) is 42.5 Å². The molecular weight excluding hydrogens is 421 g/mol. The Balaban J connectivity index is 1.42. The molecule has 33 heavy (non-hydrogen) atoms. The summed E-state index contributed by atoms with van der Waals surface area (Å²) in [6, 6.07) is 17.7. The molecule has 9 heteroatoms. The lowest BCUT2D eigenvalue weighted by molar-refractivity contribution is 0.311. The van der Waals surface area contributed by atoms with E-state index in [2.05, 4.69) is 26.8 Å². The normalized spacial score (nSPS) is 11.1. The molecule has 2 aromatic carbocycles. The molecule has 0 saturated heterocycles. The number of para-hydroxylation sites is 1. The Bertz CT molecular complexity index is 1090. The van der Waals surface area contributed by atoms with Gasteiger partial charge in [0.25, 0.3) is 0 Å². The zero-order valence-electron chi connectivity index (χ0n) is 18.6. The quantitative estimate of drug-likeness (QED) is 0.249. The van der Waals surface area contributed by atoms with Crippen LogP contribution in [0.25, 0.3) is 5.69 Å². The monoisotopic (exact) mass is 449 g/mol. The Morgan fingerprint density at radius 1 is 1.12 bits per heavy atom. The first-order chi connectivity index (χ1) is 16.1. The first kappa shape index (κ1) is 23.6. The zero-order valence-corrected chi connectivity index (χ0v) is 18.6. The fourth-order valence-corrected chi connectivity index (χ4v) is 3.22. The summed E-state index contributed by atoms with van der Waals surface area (Å²) < 4.78 is 20.3. The van der Waals surface area contributed by atoms with Crippen LogP contribution in [0.3, 0.4) is 0 Å². The second kappa shape index (κ2) is 12.1. The fraction of sp³-hybridized carbons (Fsp3) is 0.292. The van der Waals surface area contributed by atoms with Crippen molar-refractivity contribution < 1.29 is 9.13 Å². The van der Waals surface area contributed by atoms with E-state index in [-0.39, 0.29) is 11.6 Å². The van der Waals surface area contributed by atoms with Crippen molar-refractivity contribution in [2.45, 2.75) is 19.3 Å². The number of nitrogens with two attached hydrogens (primary N) is 1. The van der Waals surface area contributed by atoms with Crippen LogP contribution in [0.2, 0.25) is 0 Å². The summed E-state index contributed by atoms with van der Waals surface area (Å²) in [6.45, 7) is 1.99. The summed E-state index contributed by atoms with van der Waals surface area (Å²) in [5.41, 5.74) is 7.67. The Labute approximate surface area is 192 Å². The van der Waals surface area contributed by atoms with Crippen LogP contribution in [-0.4, -0.2) is 42.5 Å². The molecule has 1 aromatic heterocycles. The van der Waals surface area contributed by atoms with Crippen molar-refractivity contribution in [1.82, 2.24) is 20.4 Å². The molecular formula is C24H28FN7O. The largest absolute Gasteiger partial charge is 0.494 e. The van der Waals surface area contributed by atoms with Crippen molar-refractivity contribution in [3.05, 3.63) is 71.7 Å². The number of benzene rings is 2. The average molecular weight is 450 g/mol. The second-order valence-corrected chi connectivity index (χ2v) is 7.25. The van der Waals surface area contributed by atoms with Gasteiger partial charge in [-0.2, -0.15) is 10.4 Å². The Morgan fingerprint density at radius 3 is 2.48 bits per heavy atom. The van der Waals surface area contributed by atoms with Gasteiger partial charge >= 0.3 is 0 Å². The van der Waals surface area contributed by atoms with E-state index in [1.807, 2.05) is 30.3 Å². The molecule has 0 aliphatic carbocycles. The number of rotatable bonds is 10. The molecule has 3 rings (SSSR count). The van der Waals surface area contributed by atoms with Gasteiger partial charge in [0.1, 0.15) is 29.0 Å². The molecule has 0 amide bonds. The third-order valence-electron chi connectivity index (χ3n) is 4.91. The van der Waals surface area contributed by atoms with E-state index < -0.39 is 0 Å². The predicted molar refractivity (Wildman–Crippen MR) is 127 cm³/mol. The lowest BCUT2D eigenvalue weighted by Gasteiger charge is -2.12. The number of nitrogens with zero attached hydrogens (tertiary/aromatic N) is 4. The lowest BCUT2D eigenvalue weighted by atomic mass is 10.1. The summed E-state index contributed by atoms with van der Waals surface area (Å²) in [4.78, 5) is 4.22. The van der Waals surface area contributed by atoms with Gasteiger partial charge in [-0.1, -0.05) is 18.2 Å². The SMILES string of the molecule is CN=C(NCCCOc1ccccc1)NCCCc1nn(-c2ccc(F)cc2)c(N)c1C#N. The van der Waals surface area contributed by atoms with Crippen LogP contribution >= 0.6 is 0 Å². The standard InChI is InChI=1S/C24H28FN7O/c1-28-24(30-15-6-16-33-20-7-3-2-4-8-20)29-14-5-9-22-21(17-26)23(27)32(31-22)19-12-10-18(25)11-13-19/h2-4,7-8,10-13H,5-6,9,14-16,27H2,1H3,(H2,28,29,30). The van der Waals surface area contributed by atoms with Crippen molar-refractivity contribution in [2.75, 3.05) is 32.5 Å². The Kier molecular flexibility index (Phi) is 8.65. The van der Waals surface area contributed by atoms with E-state index in [1.165, 1.54) is 16.8 Å². The highest BCUT2D eigenvalue weighted by atomic mass is 19.1. The van der Waals surface area contributed by atoms with Crippen molar-refractivity contribution in [3.63, 3.8) is 0 Å². The van der Waals surface area contributed by atoms with E-state index in [1.54, 1.807) is 19.2 Å². The molecule has 0 fully saturated rings. The van der Waals surface area contributed by atoms with Gasteiger partial charge in [-0.25, -0.2) is 9.07 Å². The maximum Gasteiger partial charge on any atom is 0.190 e. The molecule has 0 saturated carbocycles. The van der Waals surface area contributed by atoms with Crippen LogP contribution in [0.5, 0.6) is 5.75 Å². The van der Waals surface area contributed by atoms with Crippen molar-refractivity contribution >= 4 is 11.8 Å². The van der Waals surface area contributed by atoms with E-state index in [4.69, 9.17) is 10.5 Å². The molecule has 0 atom stereocenters. The minimum Gasteiger partial charge on any atom is -0.494 e. The molecule has 8 nitrogen and oxygen atoms in total. The van der Waals surface area contributed by atoms with E-state index in [9.17, 15) is 9.65 Å². The number of hydrogen-bond donors (Lipinski definition) is 3. The van der Waals surface area contributed by atoms with Crippen molar-refractivity contribution in [3.8, 4) is 17.5 Å². The average Bonchev–Trinajstić information content (AvgIpc) is 3.16. The Morgan fingerprint density at radius 2 is 1.82 bits per heavy atom. The van der Waals surface area contributed by atoms with Crippen LogP contribution in [0.15, 0.2) is 59.6 Å². The number of nitriles is 1. The molecule has 4 N–H and O–H groups in total. The fourth-order valence-electron chi connectivity index (χ4n) is 3.22. The van der Waals surface area contributed by atoms with Gasteiger partial charge < -0.3 is 21.1 Å². The van der Waals surface area contributed by atoms with Crippen LogP contribution < -0.4 is 21.1 Å². The van der Waals surface area contributed by atoms with E-state index in [0.717, 1.165) is 25.1 Å². The minimum absolute atomic E-state index is 0.252. The number of ether oxygens (including phenoxy) is 1. The van der Waals surface area contributed by atoms with Gasteiger partial charge in [0, 0.05) is 20.1 Å². The summed E-state index contributed by atoms with van der Waals surface area (Å²) in [7, 11) is 1.72. The molecule has 0 aliphatic rings. The smallest absolute Gasteiger partial charge is 0.190 e. The number of nitrogen functional groups attached to an aromatic ring is 1. The van der Waals surface area contributed by atoms with Gasteiger partial charge in [0.2, 0.25) is 0 Å². The first-order valence-electron chi connectivity index (χ1n) is 10.8. The number of aliphatic imine (C=N–C) groups is 1. The van der Waals surface area contributed by atoms with Crippen molar-refractivity contribution in [1.29, 1.82) is 5.26 Å². The number of nitrogens with one attached hydrogen (secondary N) is 2. The summed E-state index contributed by atoms with van der Waals surface area (Å²) in [6.07, 6.45) is 2.13. The Hall–Kier alpha value is -4.06. The highest BCUT2D eigenvalue weighted by Crippen LogP contribution is 2.21. The third kappa shape index (κ3) is 6.71.